The van der Waals surface area contributed by atoms with E-state index >= 15 is 0 Å². The van der Waals surface area contributed by atoms with E-state index in [1.807, 2.05) is 0 Å². The zero-order chi connectivity index (χ0) is 18.0. The zero-order valence-corrected chi connectivity index (χ0v) is 14.6. The largest absolute Gasteiger partial charge is 0.481 e. The minimum Gasteiger partial charge on any atom is -0.481 e. The summed E-state index contributed by atoms with van der Waals surface area (Å²) in [6.07, 6.45) is -2.26. The van der Waals surface area contributed by atoms with Crippen LogP contribution in [0, 0.1) is 0 Å². The average Bonchev–Trinajstić information content (AvgIpc) is 2.34. The number of aliphatic hydroxyl groups excluding tert-OH is 1. The van der Waals surface area contributed by atoms with Gasteiger partial charge in [0.2, 0.25) is 6.29 Å². The van der Waals surface area contributed by atoms with Gasteiger partial charge in [-0.3, -0.25) is 9.59 Å². The Labute approximate surface area is 137 Å². The molecule has 0 aliphatic rings. The van der Waals surface area contributed by atoms with E-state index in [-0.39, 0.29) is 10.8 Å². The summed E-state index contributed by atoms with van der Waals surface area (Å²) in [5.41, 5.74) is 2.18. The molecule has 5 nitrogen and oxygen atoms in total. The monoisotopic (exact) mass is 322 g/mol. The summed E-state index contributed by atoms with van der Waals surface area (Å²) in [6, 6.07) is 5.65. The van der Waals surface area contributed by atoms with Crippen molar-refractivity contribution in [3.05, 3.63) is 34.9 Å². The Kier molecular flexibility index (Phi) is 5.59. The third kappa shape index (κ3) is 5.67. The molecule has 0 fully saturated rings. The number of carbonyl (C=O) groups is 2. The van der Waals surface area contributed by atoms with Gasteiger partial charge in [-0.2, -0.15) is 0 Å². The van der Waals surface area contributed by atoms with Crippen LogP contribution >= 0.6 is 0 Å². The normalized spacial score (nSPS) is 13.5. The molecule has 1 rings (SSSR count). The van der Waals surface area contributed by atoms with Gasteiger partial charge in [-0.1, -0.05) is 47.6 Å². The van der Waals surface area contributed by atoms with Gasteiger partial charge >= 0.3 is 11.9 Å². The molecule has 0 aliphatic heterocycles. The second-order valence-corrected chi connectivity index (χ2v) is 7.76. The van der Waals surface area contributed by atoms with Gasteiger partial charge in [0.05, 0.1) is 0 Å². The molecule has 1 aromatic rings. The summed E-state index contributed by atoms with van der Waals surface area (Å²) in [7, 11) is 0. The van der Waals surface area contributed by atoms with Crippen molar-refractivity contribution < 1.29 is 24.5 Å². The number of benzene rings is 1. The van der Waals surface area contributed by atoms with E-state index in [1.165, 1.54) is 0 Å². The molecule has 0 saturated carbocycles. The first-order valence-electron chi connectivity index (χ1n) is 7.56. The predicted molar refractivity (Wildman–Crippen MR) is 87.1 cm³/mol. The number of ether oxygens (including phenoxy) is 1. The number of carbonyl (C=O) groups excluding carboxylic acids is 1. The van der Waals surface area contributed by atoms with Crippen molar-refractivity contribution in [3.8, 4) is 0 Å². The van der Waals surface area contributed by atoms with Crippen molar-refractivity contribution in [2.75, 3.05) is 0 Å². The number of hydrogen-bond acceptors (Lipinski definition) is 4. The average molecular weight is 322 g/mol. The Bertz CT molecular complexity index is 558. The Morgan fingerprint density at radius 2 is 1.43 bits per heavy atom. The first kappa shape index (κ1) is 19.2. The lowest BCUT2D eigenvalue weighted by atomic mass is 9.79. The van der Waals surface area contributed by atoms with Gasteiger partial charge in [0, 0.05) is 5.56 Å². The Balaban J connectivity index is 3.19. The number of rotatable bonds is 4. The molecule has 0 saturated heterocycles. The lowest BCUT2D eigenvalue weighted by molar-refractivity contribution is -0.171. The summed E-state index contributed by atoms with van der Waals surface area (Å²) >= 11 is 0. The first-order chi connectivity index (χ1) is 10.3. The van der Waals surface area contributed by atoms with Crippen LogP contribution in [-0.2, 0) is 25.2 Å². The molecule has 0 spiro atoms. The fourth-order valence-corrected chi connectivity index (χ4v) is 2.02. The summed E-state index contributed by atoms with van der Waals surface area (Å²) in [4.78, 5) is 22.0. The van der Waals surface area contributed by atoms with Gasteiger partial charge < -0.3 is 14.9 Å². The third-order valence-corrected chi connectivity index (χ3v) is 3.51. The van der Waals surface area contributed by atoms with Gasteiger partial charge in [0.1, 0.15) is 6.42 Å². The van der Waals surface area contributed by atoms with Crippen molar-refractivity contribution in [2.45, 2.75) is 65.1 Å². The number of carboxylic acids is 1. The van der Waals surface area contributed by atoms with Crippen LogP contribution in [-0.4, -0.2) is 22.2 Å². The van der Waals surface area contributed by atoms with E-state index < -0.39 is 24.6 Å². The van der Waals surface area contributed by atoms with Crippen LogP contribution in [0.3, 0.4) is 0 Å². The highest BCUT2D eigenvalue weighted by atomic mass is 16.6. The lowest BCUT2D eigenvalue weighted by Crippen LogP contribution is -2.19. The van der Waals surface area contributed by atoms with E-state index in [1.54, 1.807) is 12.1 Å². The molecule has 1 unspecified atom stereocenters. The molecule has 0 amide bonds. The minimum absolute atomic E-state index is 0.138. The molecule has 0 aliphatic carbocycles. The molecule has 1 atom stereocenters. The summed E-state index contributed by atoms with van der Waals surface area (Å²) < 4.78 is 4.82. The molecule has 23 heavy (non-hydrogen) atoms. The maximum Gasteiger partial charge on any atom is 0.319 e. The zero-order valence-electron chi connectivity index (χ0n) is 14.6. The van der Waals surface area contributed by atoms with Crippen LogP contribution in [0.4, 0.5) is 0 Å². The quantitative estimate of drug-likeness (QED) is 0.505. The topological polar surface area (TPSA) is 83.8 Å². The van der Waals surface area contributed by atoms with Crippen LogP contribution < -0.4 is 0 Å². The summed E-state index contributed by atoms with van der Waals surface area (Å²) in [5.74, 6) is -2.26. The predicted octanol–water partition coefficient (Wildman–Crippen LogP) is 3.29. The Hall–Kier alpha value is -1.88. The molecule has 0 aromatic heterocycles. The number of aliphatic carboxylic acids is 1. The highest BCUT2D eigenvalue weighted by Gasteiger charge is 2.24. The molecule has 2 N–H and O–H groups in total. The number of esters is 1. The number of hydrogen-bond donors (Lipinski definition) is 2. The van der Waals surface area contributed by atoms with Gasteiger partial charge in [0.15, 0.2) is 0 Å². The smallest absolute Gasteiger partial charge is 0.319 e. The fourth-order valence-electron chi connectivity index (χ4n) is 2.02. The molecule has 0 radical (unpaired) electrons. The summed E-state index contributed by atoms with van der Waals surface area (Å²) in [6.45, 7) is 12.3. The Morgan fingerprint density at radius 1 is 1.00 bits per heavy atom. The van der Waals surface area contributed by atoms with Crippen LogP contribution in [0.15, 0.2) is 18.2 Å². The molecular formula is C18H26O5. The highest BCUT2D eigenvalue weighted by molar-refractivity contribution is 5.90. The minimum atomic E-state index is -1.48. The van der Waals surface area contributed by atoms with Crippen molar-refractivity contribution in [1.82, 2.24) is 0 Å². The van der Waals surface area contributed by atoms with Crippen molar-refractivity contribution in [1.29, 1.82) is 0 Å². The third-order valence-electron chi connectivity index (χ3n) is 3.51. The van der Waals surface area contributed by atoms with Crippen LogP contribution in [0.2, 0.25) is 0 Å². The van der Waals surface area contributed by atoms with Crippen LogP contribution in [0.5, 0.6) is 0 Å². The van der Waals surface area contributed by atoms with Gasteiger partial charge in [-0.05, 0) is 34.1 Å². The maximum absolute atomic E-state index is 11.4. The maximum atomic E-state index is 11.4. The molecular weight excluding hydrogens is 296 g/mol. The van der Waals surface area contributed by atoms with E-state index in [4.69, 9.17) is 9.84 Å². The highest BCUT2D eigenvalue weighted by Crippen LogP contribution is 2.32. The Morgan fingerprint density at radius 3 is 1.78 bits per heavy atom. The number of carboxylic acid groups (broad SMARTS) is 1. The van der Waals surface area contributed by atoms with Crippen molar-refractivity contribution in [2.24, 2.45) is 0 Å². The van der Waals surface area contributed by atoms with Crippen molar-refractivity contribution >= 4 is 11.9 Å². The lowest BCUT2D eigenvalue weighted by Gasteiger charge is -2.27. The van der Waals surface area contributed by atoms with E-state index in [0.29, 0.717) is 5.56 Å². The van der Waals surface area contributed by atoms with E-state index in [2.05, 4.69) is 47.6 Å². The molecule has 0 heterocycles. The fraction of sp³-hybridized carbons (Fsp3) is 0.556. The number of aliphatic hydroxyl groups is 1. The summed E-state index contributed by atoms with van der Waals surface area (Å²) in [5, 5.41) is 18.7. The molecule has 0 bridgehead atoms. The standard InChI is InChI=1S/C18H26O5/c1-17(2,3)12-7-11(8-13(9-12)18(4,5)6)16(22)23-15(21)10-14(19)20/h7-9,16,22H,10H2,1-6H3,(H,19,20). The molecule has 128 valence electrons. The molecule has 1 aromatic carbocycles. The second kappa shape index (κ2) is 6.71. The molecule has 5 heteroatoms. The van der Waals surface area contributed by atoms with Gasteiger partial charge in [-0.15, -0.1) is 0 Å². The van der Waals surface area contributed by atoms with E-state index in [0.717, 1.165) is 11.1 Å². The van der Waals surface area contributed by atoms with E-state index in [9.17, 15) is 14.7 Å². The van der Waals surface area contributed by atoms with Gasteiger partial charge in [0.25, 0.3) is 0 Å². The second-order valence-electron chi connectivity index (χ2n) is 7.76. The van der Waals surface area contributed by atoms with Crippen molar-refractivity contribution in [3.63, 3.8) is 0 Å². The van der Waals surface area contributed by atoms with Crippen LogP contribution in [0.25, 0.3) is 0 Å². The van der Waals surface area contributed by atoms with Crippen LogP contribution in [0.1, 0.15) is 70.9 Å². The first-order valence-corrected chi connectivity index (χ1v) is 7.56. The SMILES string of the molecule is CC(C)(C)c1cc(C(O)OC(=O)CC(=O)O)cc(C(C)(C)C)c1. The van der Waals surface area contributed by atoms with Gasteiger partial charge in [-0.25, -0.2) is 0 Å².